The topological polar surface area (TPSA) is 73.1 Å². The maximum Gasteiger partial charge on any atom is 0.254 e. The quantitative estimate of drug-likeness (QED) is 0.797. The van der Waals surface area contributed by atoms with E-state index in [1.807, 2.05) is 24.0 Å². The highest BCUT2D eigenvalue weighted by molar-refractivity contribution is 5.94. The third-order valence-corrected chi connectivity index (χ3v) is 3.36. The highest BCUT2D eigenvalue weighted by atomic mass is 16.5. The van der Waals surface area contributed by atoms with Crippen LogP contribution in [0.15, 0.2) is 30.6 Å². The summed E-state index contributed by atoms with van der Waals surface area (Å²) in [6.07, 6.45) is 1.51. The van der Waals surface area contributed by atoms with E-state index in [4.69, 9.17) is 4.74 Å². The molecule has 104 valence electrons. The van der Waals surface area contributed by atoms with Crippen molar-refractivity contribution in [3.63, 3.8) is 0 Å². The number of tetrazole rings is 1. The van der Waals surface area contributed by atoms with E-state index in [1.165, 1.54) is 6.33 Å². The Morgan fingerprint density at radius 3 is 2.80 bits per heavy atom. The molecule has 0 aliphatic carbocycles. The van der Waals surface area contributed by atoms with Gasteiger partial charge in [-0.3, -0.25) is 4.79 Å². The Bertz CT molecular complexity index is 581. The van der Waals surface area contributed by atoms with E-state index >= 15 is 0 Å². The number of hydrogen-bond donors (Lipinski definition) is 0. The molecule has 1 amide bonds. The van der Waals surface area contributed by atoms with Crippen LogP contribution >= 0.6 is 0 Å². The second-order valence-corrected chi connectivity index (χ2v) is 4.72. The zero-order chi connectivity index (χ0) is 13.9. The minimum atomic E-state index is 0.0315. The van der Waals surface area contributed by atoms with Gasteiger partial charge in [-0.2, -0.15) is 0 Å². The van der Waals surface area contributed by atoms with E-state index in [0.29, 0.717) is 25.3 Å². The van der Waals surface area contributed by atoms with E-state index in [2.05, 4.69) is 15.5 Å². The van der Waals surface area contributed by atoms with Crippen molar-refractivity contribution in [1.82, 2.24) is 25.1 Å². The lowest BCUT2D eigenvalue weighted by molar-refractivity contribution is 0.00359. The molecule has 1 fully saturated rings. The van der Waals surface area contributed by atoms with Gasteiger partial charge in [0.25, 0.3) is 5.91 Å². The molecule has 0 radical (unpaired) electrons. The largest absolute Gasteiger partial charge is 0.377 e. The number of carbonyl (C=O) groups excluding carboxylic acids is 1. The average molecular weight is 273 g/mol. The van der Waals surface area contributed by atoms with E-state index < -0.39 is 0 Å². The molecule has 1 atom stereocenters. The molecule has 0 bridgehead atoms. The molecule has 0 unspecified atom stereocenters. The Morgan fingerprint density at radius 1 is 1.35 bits per heavy atom. The van der Waals surface area contributed by atoms with Gasteiger partial charge in [-0.15, -0.1) is 5.10 Å². The standard InChI is InChI=1S/C13H15N5O2/c1-10-8-20-7-6-17(10)13(19)11-2-4-12(5-3-11)18-9-14-15-16-18/h2-5,9-10H,6-8H2,1H3/t10-/m1/s1. The van der Waals surface area contributed by atoms with Crippen LogP contribution in [-0.4, -0.2) is 56.8 Å². The van der Waals surface area contributed by atoms with Gasteiger partial charge in [0.05, 0.1) is 24.9 Å². The Kier molecular flexibility index (Phi) is 3.42. The normalized spacial score (nSPS) is 19.1. The van der Waals surface area contributed by atoms with Crippen LogP contribution in [0.1, 0.15) is 17.3 Å². The van der Waals surface area contributed by atoms with Gasteiger partial charge < -0.3 is 9.64 Å². The minimum absolute atomic E-state index is 0.0315. The smallest absolute Gasteiger partial charge is 0.254 e. The maximum absolute atomic E-state index is 12.4. The van der Waals surface area contributed by atoms with E-state index in [1.54, 1.807) is 16.8 Å². The monoisotopic (exact) mass is 273 g/mol. The number of rotatable bonds is 2. The van der Waals surface area contributed by atoms with Crippen molar-refractivity contribution in [2.75, 3.05) is 19.8 Å². The molecule has 0 saturated carbocycles. The highest BCUT2D eigenvalue weighted by Gasteiger charge is 2.24. The minimum Gasteiger partial charge on any atom is -0.377 e. The van der Waals surface area contributed by atoms with Gasteiger partial charge in [0, 0.05) is 12.1 Å². The van der Waals surface area contributed by atoms with Crippen LogP contribution in [0.3, 0.4) is 0 Å². The molecule has 0 N–H and O–H groups in total. The van der Waals surface area contributed by atoms with Crippen molar-refractivity contribution < 1.29 is 9.53 Å². The first-order chi connectivity index (χ1) is 9.75. The summed E-state index contributed by atoms with van der Waals surface area (Å²) in [6.45, 7) is 3.81. The fraction of sp³-hybridized carbons (Fsp3) is 0.385. The Labute approximate surface area is 116 Å². The number of ether oxygens (including phenoxy) is 1. The molecule has 7 heteroatoms. The van der Waals surface area contributed by atoms with Gasteiger partial charge in [0.15, 0.2) is 0 Å². The molecule has 1 aliphatic heterocycles. The van der Waals surface area contributed by atoms with Crippen LogP contribution in [0.25, 0.3) is 5.69 Å². The number of amides is 1. The Morgan fingerprint density at radius 2 is 2.15 bits per heavy atom. The predicted octanol–water partition coefficient (Wildman–Crippen LogP) is 0.523. The molecule has 1 aliphatic rings. The van der Waals surface area contributed by atoms with E-state index in [0.717, 1.165) is 5.69 Å². The summed E-state index contributed by atoms with van der Waals surface area (Å²) in [4.78, 5) is 14.3. The van der Waals surface area contributed by atoms with Crippen LogP contribution < -0.4 is 0 Å². The van der Waals surface area contributed by atoms with Crippen molar-refractivity contribution in [2.45, 2.75) is 13.0 Å². The summed E-state index contributed by atoms with van der Waals surface area (Å²) in [5.74, 6) is 0.0315. The molecule has 7 nitrogen and oxygen atoms in total. The number of morpholine rings is 1. The molecule has 0 spiro atoms. The lowest BCUT2D eigenvalue weighted by Gasteiger charge is -2.33. The van der Waals surface area contributed by atoms with Gasteiger partial charge in [-0.05, 0) is 41.6 Å². The molecule has 2 heterocycles. The van der Waals surface area contributed by atoms with Crippen molar-refractivity contribution >= 4 is 5.91 Å². The second kappa shape index (κ2) is 5.38. The van der Waals surface area contributed by atoms with Crippen LogP contribution in [0.5, 0.6) is 0 Å². The molecule has 3 rings (SSSR count). The number of hydrogen-bond acceptors (Lipinski definition) is 5. The van der Waals surface area contributed by atoms with Gasteiger partial charge in [-0.25, -0.2) is 4.68 Å². The van der Waals surface area contributed by atoms with Crippen LogP contribution in [-0.2, 0) is 4.74 Å². The fourth-order valence-electron chi connectivity index (χ4n) is 2.23. The average Bonchev–Trinajstić information content (AvgIpc) is 3.01. The number of nitrogens with zero attached hydrogens (tertiary/aromatic N) is 5. The lowest BCUT2D eigenvalue weighted by atomic mass is 10.1. The molecular weight excluding hydrogens is 258 g/mol. The summed E-state index contributed by atoms with van der Waals surface area (Å²) in [6, 6.07) is 7.35. The molecule has 20 heavy (non-hydrogen) atoms. The zero-order valence-electron chi connectivity index (χ0n) is 11.1. The summed E-state index contributed by atoms with van der Waals surface area (Å²) in [7, 11) is 0. The number of benzene rings is 1. The summed E-state index contributed by atoms with van der Waals surface area (Å²) in [5.41, 5.74) is 1.48. The predicted molar refractivity (Wildman–Crippen MR) is 70.5 cm³/mol. The van der Waals surface area contributed by atoms with E-state index in [-0.39, 0.29) is 11.9 Å². The van der Waals surface area contributed by atoms with Crippen LogP contribution in [0, 0.1) is 0 Å². The SMILES string of the molecule is C[C@@H]1COCCN1C(=O)c1ccc(-n2cnnn2)cc1. The van der Waals surface area contributed by atoms with Crippen LogP contribution in [0.4, 0.5) is 0 Å². The Hall–Kier alpha value is -2.28. The first-order valence-electron chi connectivity index (χ1n) is 6.48. The zero-order valence-corrected chi connectivity index (χ0v) is 11.1. The van der Waals surface area contributed by atoms with Crippen molar-refractivity contribution in [1.29, 1.82) is 0 Å². The molecule has 2 aromatic rings. The maximum atomic E-state index is 12.4. The Balaban J connectivity index is 1.78. The second-order valence-electron chi connectivity index (χ2n) is 4.72. The third-order valence-electron chi connectivity index (χ3n) is 3.36. The number of aromatic nitrogens is 4. The van der Waals surface area contributed by atoms with Gasteiger partial charge in [-0.1, -0.05) is 0 Å². The highest BCUT2D eigenvalue weighted by Crippen LogP contribution is 2.14. The molecule has 1 saturated heterocycles. The third kappa shape index (κ3) is 2.39. The van der Waals surface area contributed by atoms with Gasteiger partial charge >= 0.3 is 0 Å². The van der Waals surface area contributed by atoms with E-state index in [9.17, 15) is 4.79 Å². The summed E-state index contributed by atoms with van der Waals surface area (Å²) < 4.78 is 6.89. The lowest BCUT2D eigenvalue weighted by Crippen LogP contribution is -2.47. The fourth-order valence-corrected chi connectivity index (χ4v) is 2.23. The summed E-state index contributed by atoms with van der Waals surface area (Å²) in [5, 5.41) is 11.0. The molecule has 1 aromatic carbocycles. The first-order valence-corrected chi connectivity index (χ1v) is 6.48. The van der Waals surface area contributed by atoms with Crippen molar-refractivity contribution in [2.24, 2.45) is 0 Å². The first kappa shape index (κ1) is 12.7. The van der Waals surface area contributed by atoms with Gasteiger partial charge in [0.1, 0.15) is 6.33 Å². The van der Waals surface area contributed by atoms with Crippen molar-refractivity contribution in [3.8, 4) is 5.69 Å². The van der Waals surface area contributed by atoms with Crippen molar-refractivity contribution in [3.05, 3.63) is 36.2 Å². The molecule has 1 aromatic heterocycles. The number of carbonyl (C=O) groups is 1. The molecular formula is C13H15N5O2. The summed E-state index contributed by atoms with van der Waals surface area (Å²) >= 11 is 0. The van der Waals surface area contributed by atoms with Gasteiger partial charge in [0.2, 0.25) is 0 Å². The van der Waals surface area contributed by atoms with Crippen LogP contribution in [0.2, 0.25) is 0 Å².